The molecule has 2 aromatic heterocycles. The molecule has 234 valence electrons. The van der Waals surface area contributed by atoms with Crippen molar-refractivity contribution in [1.29, 1.82) is 0 Å². The molecular formula is C30H25Cl2FN4O6S2. The van der Waals surface area contributed by atoms with Crippen molar-refractivity contribution in [2.45, 2.75) is 61.8 Å². The molecule has 1 aliphatic heterocycles. The number of piperidine rings is 1. The number of hydrogen-bond acceptors (Lipinski definition) is 10. The van der Waals surface area contributed by atoms with Crippen molar-refractivity contribution < 1.29 is 31.7 Å². The highest BCUT2D eigenvalue weighted by atomic mass is 35.5. The van der Waals surface area contributed by atoms with Gasteiger partial charge in [0.05, 0.1) is 20.0 Å². The lowest BCUT2D eigenvalue weighted by Crippen LogP contribution is -2.39. The van der Waals surface area contributed by atoms with Gasteiger partial charge in [0, 0.05) is 42.0 Å². The largest absolute Gasteiger partial charge is 0.458 e. The number of carbonyl (C=O) groups excluding carboxylic acids is 2. The second kappa shape index (κ2) is 10.6. The Labute approximate surface area is 270 Å². The number of carbonyl (C=O) groups is 2. The number of thiazole rings is 1. The topological polar surface area (TPSA) is 132 Å². The van der Waals surface area contributed by atoms with E-state index in [0.29, 0.717) is 57.0 Å². The molecule has 45 heavy (non-hydrogen) atoms. The molecule has 2 bridgehead atoms. The molecule has 0 radical (unpaired) electrons. The minimum atomic E-state index is -3.77. The van der Waals surface area contributed by atoms with Crippen LogP contribution in [0.2, 0.25) is 10.0 Å². The van der Waals surface area contributed by atoms with Crippen molar-refractivity contribution in [3.8, 4) is 11.3 Å². The SMILES string of the molecule is O=C(NS(=O)(=O)C1CC1)c1cc(F)c2nc(N3C[C@H]4C[C@H]3C[C@H]4OC(=O)c3c(-c4c(Cl)cccc4Cl)noc3C3CC3)sc2c1. The Morgan fingerprint density at radius 1 is 1.11 bits per heavy atom. The first-order valence-electron chi connectivity index (χ1n) is 14.6. The Bertz CT molecular complexity index is 1990. The van der Waals surface area contributed by atoms with Crippen LogP contribution in [0.1, 0.15) is 70.9 Å². The summed E-state index contributed by atoms with van der Waals surface area (Å²) in [4.78, 5) is 32.9. The lowest BCUT2D eigenvalue weighted by molar-refractivity contribution is 0.0191. The molecule has 3 aliphatic carbocycles. The van der Waals surface area contributed by atoms with E-state index in [1.54, 1.807) is 18.2 Å². The van der Waals surface area contributed by atoms with Crippen LogP contribution in [0, 0.1) is 11.7 Å². The molecule has 10 nitrogen and oxygen atoms in total. The van der Waals surface area contributed by atoms with Crippen LogP contribution >= 0.6 is 34.5 Å². The third kappa shape index (κ3) is 5.17. The predicted octanol–water partition coefficient (Wildman–Crippen LogP) is 6.32. The maximum absolute atomic E-state index is 15.0. The van der Waals surface area contributed by atoms with E-state index in [1.165, 1.54) is 17.4 Å². The molecule has 3 atom stereocenters. The number of aromatic nitrogens is 2. The number of halogens is 3. The summed E-state index contributed by atoms with van der Waals surface area (Å²) < 4.78 is 53.7. The van der Waals surface area contributed by atoms with Gasteiger partial charge in [-0.25, -0.2) is 27.3 Å². The normalized spacial score (nSPS) is 22.7. The van der Waals surface area contributed by atoms with Gasteiger partial charge in [-0.2, -0.15) is 0 Å². The van der Waals surface area contributed by atoms with Crippen molar-refractivity contribution in [2.24, 2.45) is 5.92 Å². The van der Waals surface area contributed by atoms with Gasteiger partial charge in [0.25, 0.3) is 5.91 Å². The number of nitrogens with zero attached hydrogens (tertiary/aromatic N) is 3. The zero-order chi connectivity index (χ0) is 31.2. The highest BCUT2D eigenvalue weighted by Crippen LogP contribution is 2.48. The standard InChI is InChI=1S/C30H25Cl2FN4O6S2/c31-18-2-1-3-19(32)23(18)26-24(27(43-35-26)13-4-5-13)29(39)42-21-11-16-8-15(21)12-37(16)30-34-25-20(33)9-14(10-22(25)44-30)28(38)36-45(40,41)17-6-7-17/h1-3,9-10,13,15-17,21H,4-8,11-12H2,(H,36,38)/t15-,16+,21-/m1/s1. The molecule has 2 aromatic carbocycles. The van der Waals surface area contributed by atoms with Crippen LogP contribution in [0.25, 0.3) is 21.5 Å². The van der Waals surface area contributed by atoms with Crippen LogP contribution in [0.4, 0.5) is 9.52 Å². The van der Waals surface area contributed by atoms with Gasteiger partial charge in [0.1, 0.15) is 22.9 Å². The van der Waals surface area contributed by atoms with E-state index in [0.717, 1.165) is 25.3 Å². The van der Waals surface area contributed by atoms with Gasteiger partial charge in [-0.1, -0.05) is 45.8 Å². The number of amides is 1. The number of nitrogens with one attached hydrogen (secondary N) is 1. The summed E-state index contributed by atoms with van der Waals surface area (Å²) in [5.41, 5.74) is 1.01. The Hall–Kier alpha value is -3.26. The van der Waals surface area contributed by atoms with Gasteiger partial charge >= 0.3 is 5.97 Å². The number of esters is 1. The van der Waals surface area contributed by atoms with Crippen LogP contribution < -0.4 is 9.62 Å². The number of hydrogen-bond donors (Lipinski definition) is 1. The number of anilines is 1. The van der Waals surface area contributed by atoms with E-state index in [2.05, 4.69) is 15.0 Å². The summed E-state index contributed by atoms with van der Waals surface area (Å²) in [6.07, 6.45) is 3.79. The number of sulfonamides is 1. The highest BCUT2D eigenvalue weighted by molar-refractivity contribution is 7.91. The summed E-state index contributed by atoms with van der Waals surface area (Å²) in [5.74, 6) is -1.47. The summed E-state index contributed by atoms with van der Waals surface area (Å²) in [6.45, 7) is 0.555. The van der Waals surface area contributed by atoms with Gasteiger partial charge in [0.15, 0.2) is 16.7 Å². The monoisotopic (exact) mass is 690 g/mol. The summed E-state index contributed by atoms with van der Waals surface area (Å²) in [6, 6.07) is 7.57. The molecule has 3 heterocycles. The van der Waals surface area contributed by atoms with Crippen molar-refractivity contribution >= 4 is 71.8 Å². The van der Waals surface area contributed by atoms with Crippen molar-refractivity contribution in [3.05, 3.63) is 63.1 Å². The van der Waals surface area contributed by atoms with Gasteiger partial charge in [-0.3, -0.25) is 4.79 Å². The molecule has 3 saturated carbocycles. The van der Waals surface area contributed by atoms with E-state index in [-0.39, 0.29) is 46.3 Å². The number of fused-ring (bicyclic) bond motifs is 3. The van der Waals surface area contributed by atoms with Crippen LogP contribution in [0.3, 0.4) is 0 Å². The maximum Gasteiger partial charge on any atom is 0.344 e. The van der Waals surface area contributed by atoms with Crippen LogP contribution in [0.5, 0.6) is 0 Å². The Balaban J connectivity index is 0.995. The Morgan fingerprint density at radius 3 is 2.53 bits per heavy atom. The van der Waals surface area contributed by atoms with Crippen LogP contribution in [-0.2, 0) is 14.8 Å². The fourth-order valence-electron chi connectivity index (χ4n) is 6.38. The molecular weight excluding hydrogens is 666 g/mol. The first-order chi connectivity index (χ1) is 21.6. The second-order valence-electron chi connectivity index (χ2n) is 12.1. The molecule has 1 amide bonds. The molecule has 1 saturated heterocycles. The van der Waals surface area contributed by atoms with Crippen LogP contribution in [-0.4, -0.2) is 54.4 Å². The second-order valence-corrected chi connectivity index (χ2v) is 15.9. The van der Waals surface area contributed by atoms with E-state index in [9.17, 15) is 18.0 Å². The molecule has 4 fully saturated rings. The summed E-state index contributed by atoms with van der Waals surface area (Å²) in [5, 5.41) is 4.92. The van der Waals surface area contributed by atoms with Crippen LogP contribution in [0.15, 0.2) is 34.9 Å². The Morgan fingerprint density at radius 2 is 1.87 bits per heavy atom. The smallest absolute Gasteiger partial charge is 0.344 e. The molecule has 8 rings (SSSR count). The van der Waals surface area contributed by atoms with Crippen molar-refractivity contribution in [3.63, 3.8) is 0 Å². The van der Waals surface area contributed by atoms with E-state index < -0.39 is 33.0 Å². The minimum absolute atomic E-state index is 0.0192. The molecule has 15 heteroatoms. The molecule has 1 N–H and O–H groups in total. The average molecular weight is 692 g/mol. The maximum atomic E-state index is 15.0. The third-order valence-corrected chi connectivity index (χ3v) is 12.4. The summed E-state index contributed by atoms with van der Waals surface area (Å²) in [7, 11) is -3.77. The highest BCUT2D eigenvalue weighted by Gasteiger charge is 2.48. The van der Waals surface area contributed by atoms with Crippen molar-refractivity contribution in [2.75, 3.05) is 11.4 Å². The zero-order valence-electron chi connectivity index (χ0n) is 23.5. The van der Waals surface area contributed by atoms with E-state index in [1.807, 2.05) is 4.72 Å². The molecule has 0 unspecified atom stereocenters. The van der Waals surface area contributed by atoms with E-state index in [4.69, 9.17) is 32.5 Å². The Kier molecular flexibility index (Phi) is 6.90. The zero-order valence-corrected chi connectivity index (χ0v) is 26.6. The van der Waals surface area contributed by atoms with Gasteiger partial charge in [-0.05, 0) is 56.4 Å². The average Bonchev–Trinajstić information content (AvgIpc) is 3.86. The fraction of sp³-hybridized carbons (Fsp3) is 0.400. The summed E-state index contributed by atoms with van der Waals surface area (Å²) >= 11 is 14.1. The minimum Gasteiger partial charge on any atom is -0.458 e. The number of rotatable bonds is 8. The lowest BCUT2D eigenvalue weighted by atomic mass is 10.0. The third-order valence-electron chi connectivity index (χ3n) is 8.95. The molecule has 4 aliphatic rings. The molecule has 4 aromatic rings. The van der Waals surface area contributed by atoms with Gasteiger partial charge in [0.2, 0.25) is 10.0 Å². The van der Waals surface area contributed by atoms with Gasteiger partial charge in [-0.15, -0.1) is 0 Å². The van der Waals surface area contributed by atoms with Gasteiger partial charge < -0.3 is 14.2 Å². The number of ether oxygens (including phenoxy) is 1. The number of benzene rings is 2. The van der Waals surface area contributed by atoms with E-state index >= 15 is 4.39 Å². The first kappa shape index (κ1) is 29.2. The quantitative estimate of drug-likeness (QED) is 0.211. The lowest BCUT2D eigenvalue weighted by Gasteiger charge is -2.31. The molecule has 0 spiro atoms. The predicted molar refractivity (Wildman–Crippen MR) is 166 cm³/mol. The van der Waals surface area contributed by atoms with Crippen molar-refractivity contribution in [1.82, 2.24) is 14.9 Å². The first-order valence-corrected chi connectivity index (χ1v) is 17.8. The fourth-order valence-corrected chi connectivity index (χ4v) is 9.36.